The molecule has 7 amide bonds. The lowest BCUT2D eigenvalue weighted by atomic mass is 9.81. The number of nitrogens with zero attached hydrogens (tertiary/aromatic N) is 3. The van der Waals surface area contributed by atoms with Crippen LogP contribution in [-0.4, -0.2) is 119 Å². The number of hydrogen-bond acceptors (Lipinski definition) is 8. The fraction of sp³-hybridized carbons (Fsp3) is 0.711. The van der Waals surface area contributed by atoms with Crippen molar-refractivity contribution in [2.45, 2.75) is 156 Å². The molecule has 1 aromatic rings. The number of fused-ring (bicyclic) bond motifs is 1. The Morgan fingerprint density at radius 2 is 1.57 bits per heavy atom. The van der Waals surface area contributed by atoms with Crippen LogP contribution in [0.15, 0.2) is 24.3 Å². The molecular formula is C45H67N7O8. The van der Waals surface area contributed by atoms with E-state index in [1.165, 1.54) is 10.5 Å². The van der Waals surface area contributed by atoms with Crippen molar-refractivity contribution >= 4 is 41.5 Å². The average molecular weight is 834 g/mol. The van der Waals surface area contributed by atoms with Gasteiger partial charge in [-0.15, -0.1) is 0 Å². The molecule has 330 valence electrons. The van der Waals surface area contributed by atoms with Crippen LogP contribution in [0.3, 0.4) is 0 Å². The summed E-state index contributed by atoms with van der Waals surface area (Å²) in [7, 11) is 0. The van der Waals surface area contributed by atoms with E-state index in [1.807, 2.05) is 65.8 Å². The Kier molecular flexibility index (Phi) is 13.3. The maximum absolute atomic E-state index is 14.8. The van der Waals surface area contributed by atoms with Gasteiger partial charge in [0.15, 0.2) is 0 Å². The van der Waals surface area contributed by atoms with E-state index in [4.69, 9.17) is 4.74 Å². The number of benzene rings is 1. The number of nitrogens with one attached hydrogen (secondary N) is 4. The van der Waals surface area contributed by atoms with Gasteiger partial charge in [-0.05, 0) is 65.4 Å². The Morgan fingerprint density at radius 1 is 0.883 bits per heavy atom. The summed E-state index contributed by atoms with van der Waals surface area (Å²) in [5.41, 5.74) is 0.815. The molecule has 3 heterocycles. The smallest absolute Gasteiger partial charge is 0.410 e. The van der Waals surface area contributed by atoms with Crippen LogP contribution in [0.25, 0.3) is 0 Å². The maximum atomic E-state index is 14.8. The molecule has 1 unspecified atom stereocenters. The van der Waals surface area contributed by atoms with Crippen LogP contribution in [0, 0.1) is 22.2 Å². The number of piperidine rings is 1. The van der Waals surface area contributed by atoms with Gasteiger partial charge >= 0.3 is 12.1 Å². The molecule has 15 heteroatoms. The fourth-order valence-corrected chi connectivity index (χ4v) is 8.34. The number of carbonyl (C=O) groups excluding carboxylic acids is 7. The zero-order valence-electron chi connectivity index (χ0n) is 36.9. The molecule has 2 saturated heterocycles. The van der Waals surface area contributed by atoms with Crippen LogP contribution in [0.5, 0.6) is 0 Å². The highest BCUT2D eigenvalue weighted by molar-refractivity contribution is 6.38. The molecule has 3 aliphatic heterocycles. The highest BCUT2D eigenvalue weighted by Crippen LogP contribution is 2.35. The standard InChI is InChI=1S/C45H67N7O8/c1-43(2,3)34(26-50-20-18-45(7,8)23-35(50)53)48-41(58)49-37(44(4,5)6)40(57)52-25-31(60-42(59)51-19-17-28-11-9-10-12-29(28)24-51)22-33(52)38(55)47-32(21-27-13-14-27)36(54)39(56)46-30-15-16-30/h9-12,27,30-34,37H,13-26H2,1-8H3,(H,46,56)(H,47,55)(H2,48,49,58)/t31-,32?,33+,34-,37-/m1/s1. The SMILES string of the molecule is CC1(C)CCN(C[C@@H](NC(=O)N[C@H](C(=O)N2C[C@H](OC(=O)N3CCc4ccccc4C3)C[C@H]2C(=O)NC(CC2CC2)C(=O)C(=O)NC2CC2)C(C)(C)C)C(C)(C)C)C(=O)C1. The Morgan fingerprint density at radius 3 is 2.18 bits per heavy atom. The van der Waals surface area contributed by atoms with Gasteiger partial charge in [0.1, 0.15) is 18.2 Å². The van der Waals surface area contributed by atoms with Crippen LogP contribution in [0.4, 0.5) is 9.59 Å². The van der Waals surface area contributed by atoms with Gasteiger partial charge in [0.2, 0.25) is 23.5 Å². The molecule has 1 aromatic carbocycles. The third kappa shape index (κ3) is 11.6. The molecule has 5 aliphatic rings. The predicted octanol–water partition coefficient (Wildman–Crippen LogP) is 4.06. The molecule has 0 aromatic heterocycles. The molecule has 5 atom stereocenters. The normalized spacial score (nSPS) is 23.1. The molecule has 0 spiro atoms. The van der Waals surface area contributed by atoms with E-state index in [-0.39, 0.29) is 36.2 Å². The predicted molar refractivity (Wildman–Crippen MR) is 224 cm³/mol. The number of amides is 7. The summed E-state index contributed by atoms with van der Waals surface area (Å²) in [6, 6.07) is 3.44. The fourth-order valence-electron chi connectivity index (χ4n) is 8.34. The van der Waals surface area contributed by atoms with E-state index < -0.39 is 76.7 Å². The molecule has 4 N–H and O–H groups in total. The molecule has 6 rings (SSSR count). The van der Waals surface area contributed by atoms with Crippen LogP contribution < -0.4 is 21.3 Å². The van der Waals surface area contributed by atoms with Gasteiger partial charge in [-0.3, -0.25) is 24.0 Å². The van der Waals surface area contributed by atoms with E-state index in [0.29, 0.717) is 45.4 Å². The Labute approximate surface area is 354 Å². The second-order valence-electron chi connectivity index (χ2n) is 20.8. The molecule has 0 bridgehead atoms. The Balaban J connectivity index is 1.20. The van der Waals surface area contributed by atoms with Gasteiger partial charge < -0.3 is 40.7 Å². The summed E-state index contributed by atoms with van der Waals surface area (Å²) in [6.45, 7) is 17.1. The van der Waals surface area contributed by atoms with Gasteiger partial charge in [-0.1, -0.05) is 92.5 Å². The van der Waals surface area contributed by atoms with Crippen molar-refractivity contribution in [2.75, 3.05) is 26.2 Å². The van der Waals surface area contributed by atoms with E-state index in [0.717, 1.165) is 37.7 Å². The highest BCUT2D eigenvalue weighted by atomic mass is 16.6. The second-order valence-corrected chi connectivity index (χ2v) is 20.8. The first-order chi connectivity index (χ1) is 28.1. The topological polar surface area (TPSA) is 187 Å². The average Bonchev–Trinajstić information content (AvgIpc) is 4.11. The van der Waals surface area contributed by atoms with Crippen molar-refractivity contribution in [1.82, 2.24) is 36.0 Å². The number of likely N-dealkylation sites (tertiary alicyclic amines) is 2. The van der Waals surface area contributed by atoms with Gasteiger partial charge in [0.05, 0.1) is 18.6 Å². The molecule has 60 heavy (non-hydrogen) atoms. The second kappa shape index (κ2) is 17.7. The largest absolute Gasteiger partial charge is 0.444 e. The van der Waals surface area contributed by atoms with Gasteiger partial charge in [0.25, 0.3) is 5.91 Å². The first kappa shape index (κ1) is 44.9. The lowest BCUT2D eigenvalue weighted by Gasteiger charge is -2.41. The van der Waals surface area contributed by atoms with Crippen molar-refractivity contribution in [3.63, 3.8) is 0 Å². The van der Waals surface area contributed by atoms with Gasteiger partial charge in [0, 0.05) is 45.1 Å². The first-order valence-electron chi connectivity index (χ1n) is 21.9. The first-order valence-corrected chi connectivity index (χ1v) is 21.9. The Bertz CT molecular complexity index is 1830. The minimum Gasteiger partial charge on any atom is -0.444 e. The van der Waals surface area contributed by atoms with E-state index in [9.17, 15) is 33.6 Å². The van der Waals surface area contributed by atoms with Gasteiger partial charge in [-0.2, -0.15) is 0 Å². The molecular weight excluding hydrogens is 767 g/mol. The van der Waals surface area contributed by atoms with E-state index in [1.54, 1.807) is 9.80 Å². The monoisotopic (exact) mass is 834 g/mol. The van der Waals surface area contributed by atoms with Crippen molar-refractivity contribution in [1.29, 1.82) is 0 Å². The molecule has 4 fully saturated rings. The number of ether oxygens (including phenoxy) is 1. The van der Waals surface area contributed by atoms with Crippen LogP contribution in [0.2, 0.25) is 0 Å². The lowest BCUT2D eigenvalue weighted by molar-refractivity contribution is -0.144. The quantitative estimate of drug-likeness (QED) is 0.214. The highest BCUT2D eigenvalue weighted by Gasteiger charge is 2.48. The van der Waals surface area contributed by atoms with Crippen molar-refractivity contribution in [3.8, 4) is 0 Å². The third-order valence-corrected chi connectivity index (χ3v) is 12.7. The summed E-state index contributed by atoms with van der Waals surface area (Å²) in [5, 5.41) is 11.5. The van der Waals surface area contributed by atoms with Crippen molar-refractivity contribution < 1.29 is 38.3 Å². The zero-order valence-corrected chi connectivity index (χ0v) is 36.9. The summed E-state index contributed by atoms with van der Waals surface area (Å²) >= 11 is 0. The molecule has 2 aliphatic carbocycles. The van der Waals surface area contributed by atoms with Crippen LogP contribution in [-0.2, 0) is 41.7 Å². The summed E-state index contributed by atoms with van der Waals surface area (Å²) < 4.78 is 6.02. The molecule has 2 saturated carbocycles. The maximum Gasteiger partial charge on any atom is 0.410 e. The number of urea groups is 1. The number of rotatable bonds is 13. The third-order valence-electron chi connectivity index (χ3n) is 12.7. The summed E-state index contributed by atoms with van der Waals surface area (Å²) in [5.74, 6) is -2.41. The number of hydrogen-bond donors (Lipinski definition) is 4. The number of ketones is 1. The minimum atomic E-state index is -1.16. The summed E-state index contributed by atoms with van der Waals surface area (Å²) in [4.78, 5) is 101. The minimum absolute atomic E-state index is 0.0359. The molecule has 0 radical (unpaired) electrons. The van der Waals surface area contributed by atoms with Crippen molar-refractivity contribution in [3.05, 3.63) is 35.4 Å². The van der Waals surface area contributed by atoms with Crippen LogP contribution >= 0.6 is 0 Å². The van der Waals surface area contributed by atoms with Gasteiger partial charge in [-0.25, -0.2) is 9.59 Å². The van der Waals surface area contributed by atoms with E-state index >= 15 is 0 Å². The zero-order chi connectivity index (χ0) is 43.7. The lowest BCUT2D eigenvalue weighted by Crippen LogP contribution is -2.62. The number of Topliss-reactive ketones (excluding diaryl/α,β-unsaturated/α-hetero) is 1. The number of carbonyl (C=O) groups is 7. The Hall–Kier alpha value is -4.69. The van der Waals surface area contributed by atoms with Crippen molar-refractivity contribution in [2.24, 2.45) is 22.2 Å². The summed E-state index contributed by atoms with van der Waals surface area (Å²) in [6.07, 6.45) is 4.16. The molecule has 15 nitrogen and oxygen atoms in total. The van der Waals surface area contributed by atoms with E-state index in [2.05, 4.69) is 35.1 Å². The van der Waals surface area contributed by atoms with Crippen LogP contribution in [0.1, 0.15) is 118 Å².